The van der Waals surface area contributed by atoms with Gasteiger partial charge in [0.15, 0.2) is 13.0 Å². The van der Waals surface area contributed by atoms with Gasteiger partial charge >= 0.3 is 18.1 Å². The molecule has 3 nitrogen and oxygen atoms in total. The van der Waals surface area contributed by atoms with Crippen LogP contribution >= 0.6 is 0 Å². The summed E-state index contributed by atoms with van der Waals surface area (Å²) in [6, 6.07) is 0. The number of ether oxygens (including phenoxy) is 1. The number of hydrogen-bond acceptors (Lipinski definition) is 3. The summed E-state index contributed by atoms with van der Waals surface area (Å²) in [5.41, 5.74) is 0. The van der Waals surface area contributed by atoms with E-state index in [0.717, 1.165) is 0 Å². The summed E-state index contributed by atoms with van der Waals surface area (Å²) in [5, 5.41) is 0. The van der Waals surface area contributed by atoms with Gasteiger partial charge in [-0.05, 0) is 4.53 Å². The van der Waals surface area contributed by atoms with Crippen molar-refractivity contribution in [1.29, 1.82) is 0 Å². The molecule has 0 spiro atoms. The normalized spacial score (nSPS) is 17.3. The smallest absolute Gasteiger partial charge is 0.297 e. The van der Waals surface area contributed by atoms with Crippen LogP contribution in [-0.4, -0.2) is 31.0 Å². The predicted octanol–water partition coefficient (Wildman–Crippen LogP) is 1.92. The second-order valence-electron chi connectivity index (χ2n) is 2.23. The van der Waals surface area contributed by atoms with Crippen molar-refractivity contribution in [2.24, 2.45) is 0 Å². The average Bonchev–Trinajstić information content (AvgIpc) is 2.12. The van der Waals surface area contributed by atoms with Crippen LogP contribution in [0.1, 0.15) is 0 Å². The van der Waals surface area contributed by atoms with Gasteiger partial charge in [0.05, 0.1) is 0 Å². The van der Waals surface area contributed by atoms with Crippen LogP contribution in [0.25, 0.3) is 0 Å². The lowest BCUT2D eigenvalue weighted by Crippen LogP contribution is -2.54. The van der Waals surface area contributed by atoms with Crippen molar-refractivity contribution in [3.05, 3.63) is 0 Å². The lowest BCUT2D eigenvalue weighted by atomic mass is 10.3. The molecule has 0 amide bonds. The monoisotopic (exact) mass is 244 g/mol. The highest BCUT2D eigenvalue weighted by Gasteiger charge is 2.64. The number of halogens is 7. The maximum Gasteiger partial charge on any atom is 0.454 e. The first-order valence-corrected chi connectivity index (χ1v) is 3.11. The van der Waals surface area contributed by atoms with Crippen LogP contribution in [0, 0.1) is 0 Å². The van der Waals surface area contributed by atoms with E-state index >= 15 is 0 Å². The third-order valence-electron chi connectivity index (χ3n) is 1.12. The van der Waals surface area contributed by atoms with Crippen molar-refractivity contribution in [1.82, 2.24) is 0 Å². The Kier molecular flexibility index (Phi) is 4.05. The summed E-state index contributed by atoms with van der Waals surface area (Å²) in [6.45, 7) is -2.68. The van der Waals surface area contributed by atoms with Crippen LogP contribution in [0.15, 0.2) is 0 Å². The summed E-state index contributed by atoms with van der Waals surface area (Å²) in [6.07, 6.45) is -12.3. The summed E-state index contributed by atoms with van der Waals surface area (Å²) >= 11 is 0. The van der Waals surface area contributed by atoms with Gasteiger partial charge in [0.1, 0.15) is 0 Å². The van der Waals surface area contributed by atoms with Crippen molar-refractivity contribution in [2.75, 3.05) is 6.67 Å². The fourth-order valence-corrected chi connectivity index (χ4v) is 0.476. The minimum atomic E-state index is -5.91. The van der Waals surface area contributed by atoms with E-state index in [9.17, 15) is 35.7 Å². The van der Waals surface area contributed by atoms with Crippen LogP contribution in [0.5, 0.6) is 0 Å². The van der Waals surface area contributed by atoms with Gasteiger partial charge in [-0.3, -0.25) is 9.53 Å². The molecule has 1 atom stereocenters. The Bertz CT molecular complexity index is 227. The van der Waals surface area contributed by atoms with Gasteiger partial charge in [-0.1, -0.05) is 0 Å². The zero-order valence-corrected chi connectivity index (χ0v) is 6.65. The molecule has 0 bridgehead atoms. The van der Waals surface area contributed by atoms with Gasteiger partial charge in [-0.25, -0.2) is 4.39 Å². The Morgan fingerprint density at radius 3 is 1.80 bits per heavy atom. The highest BCUT2D eigenvalue weighted by molar-refractivity contribution is 5.61. The molecule has 0 aromatic carbocycles. The average molecular weight is 244 g/mol. The minimum Gasteiger partial charge on any atom is -0.297 e. The van der Waals surface area contributed by atoms with Crippen LogP contribution in [-0.2, 0) is 14.5 Å². The van der Waals surface area contributed by atoms with E-state index in [1.54, 1.807) is 0 Å². The van der Waals surface area contributed by atoms with Gasteiger partial charge in [0.25, 0.3) is 0 Å². The van der Waals surface area contributed by atoms with E-state index in [1.807, 2.05) is 4.94 Å². The van der Waals surface area contributed by atoms with Crippen molar-refractivity contribution in [2.45, 2.75) is 18.1 Å². The molecule has 0 aromatic rings. The Morgan fingerprint density at radius 1 is 1.13 bits per heavy atom. The first-order chi connectivity index (χ1) is 6.64. The van der Waals surface area contributed by atoms with E-state index in [2.05, 4.69) is 4.74 Å². The third-order valence-corrected chi connectivity index (χ3v) is 1.12. The Balaban J connectivity index is 5.06. The number of carbonyl (C=O) groups excluding carboxylic acids is 1. The standard InChI is InChI=1S/C5H3F7O3/c6-1-4(7,8)14-3(2-13,15-12)5(9,10)11/h2H,1H2. The molecule has 0 heterocycles. The Morgan fingerprint density at radius 2 is 1.60 bits per heavy atom. The van der Waals surface area contributed by atoms with E-state index in [0.29, 0.717) is 0 Å². The van der Waals surface area contributed by atoms with Gasteiger partial charge in [0, 0.05) is 0 Å². The predicted molar refractivity (Wildman–Crippen MR) is 29.0 cm³/mol. The number of carbonyl (C=O) groups is 1. The first-order valence-electron chi connectivity index (χ1n) is 3.11. The fourth-order valence-electron chi connectivity index (χ4n) is 0.476. The second kappa shape index (κ2) is 4.31. The fraction of sp³-hybridized carbons (Fsp3) is 0.800. The molecule has 0 aliphatic heterocycles. The Hall–Kier alpha value is -0.900. The molecule has 0 aliphatic rings. The molecule has 1 unspecified atom stereocenters. The molecule has 0 rings (SSSR count). The van der Waals surface area contributed by atoms with Crippen LogP contribution in [0.3, 0.4) is 0 Å². The summed E-state index contributed by atoms with van der Waals surface area (Å²) in [5.74, 6) is -4.83. The van der Waals surface area contributed by atoms with Gasteiger partial charge < -0.3 is 0 Å². The van der Waals surface area contributed by atoms with E-state index < -0.39 is 31.0 Å². The molecule has 0 aliphatic carbocycles. The topological polar surface area (TPSA) is 35.5 Å². The summed E-state index contributed by atoms with van der Waals surface area (Å²) in [4.78, 5) is 11.9. The minimum absolute atomic E-state index is 1.39. The lowest BCUT2D eigenvalue weighted by Gasteiger charge is -2.28. The van der Waals surface area contributed by atoms with Crippen molar-refractivity contribution >= 4 is 6.29 Å². The highest BCUT2D eigenvalue weighted by atomic mass is 19.4. The molecule has 10 heteroatoms. The van der Waals surface area contributed by atoms with E-state index in [1.165, 1.54) is 0 Å². The number of rotatable bonds is 5. The maximum atomic E-state index is 12.0. The molecular weight excluding hydrogens is 241 g/mol. The Labute approximate surface area is 77.6 Å². The van der Waals surface area contributed by atoms with Crippen LogP contribution < -0.4 is 0 Å². The van der Waals surface area contributed by atoms with Crippen LogP contribution in [0.4, 0.5) is 30.9 Å². The van der Waals surface area contributed by atoms with Crippen molar-refractivity contribution in [3.8, 4) is 0 Å². The van der Waals surface area contributed by atoms with Crippen molar-refractivity contribution < 1.29 is 45.3 Å². The van der Waals surface area contributed by atoms with Gasteiger partial charge in [-0.2, -0.15) is 22.0 Å². The molecular formula is C5H3F7O3. The zero-order chi connectivity index (χ0) is 12.3. The maximum absolute atomic E-state index is 12.0. The largest absolute Gasteiger partial charge is 0.454 e. The lowest BCUT2D eigenvalue weighted by molar-refractivity contribution is -0.466. The highest BCUT2D eigenvalue weighted by Crippen LogP contribution is 2.37. The van der Waals surface area contributed by atoms with Gasteiger partial charge in [-0.15, -0.1) is 4.94 Å². The molecule has 0 fully saturated rings. The zero-order valence-electron chi connectivity index (χ0n) is 6.65. The first kappa shape index (κ1) is 14.1. The molecule has 0 aromatic heterocycles. The number of alkyl halides is 6. The third kappa shape index (κ3) is 3.02. The molecule has 0 saturated heterocycles. The number of hydrogen-bond donors (Lipinski definition) is 0. The molecule has 0 N–H and O–H groups in total. The quantitative estimate of drug-likeness (QED) is 0.421. The van der Waals surface area contributed by atoms with Crippen molar-refractivity contribution in [3.63, 3.8) is 0 Å². The molecule has 15 heavy (non-hydrogen) atoms. The summed E-state index contributed by atoms with van der Waals surface area (Å²) < 4.78 is 85.2. The summed E-state index contributed by atoms with van der Waals surface area (Å²) in [7, 11) is 0. The molecule has 0 radical (unpaired) electrons. The number of aldehydes is 1. The SMILES string of the molecule is O=CC(OF)(OC(F)(F)CF)C(F)(F)F. The van der Waals surface area contributed by atoms with Crippen LogP contribution in [0.2, 0.25) is 0 Å². The molecule has 90 valence electrons. The van der Waals surface area contributed by atoms with E-state index in [-0.39, 0.29) is 0 Å². The van der Waals surface area contributed by atoms with E-state index in [4.69, 9.17) is 0 Å². The molecule has 0 saturated carbocycles. The second-order valence-corrected chi connectivity index (χ2v) is 2.23. The van der Waals surface area contributed by atoms with Gasteiger partial charge in [0.2, 0.25) is 0 Å².